The van der Waals surface area contributed by atoms with Gasteiger partial charge in [-0.25, -0.2) is 9.59 Å². The van der Waals surface area contributed by atoms with E-state index in [2.05, 4.69) is 4.98 Å². The van der Waals surface area contributed by atoms with Crippen LogP contribution in [0.4, 0.5) is 0 Å². The number of carbonyl (C=O) groups is 2. The molecule has 114 valence electrons. The minimum Gasteiger partial charge on any atom is -0.478 e. The van der Waals surface area contributed by atoms with E-state index in [-0.39, 0.29) is 11.3 Å². The first kappa shape index (κ1) is 14.6. The fourth-order valence-corrected chi connectivity index (χ4v) is 2.59. The smallest absolute Gasteiger partial charge is 0.353 e. The van der Waals surface area contributed by atoms with Gasteiger partial charge in [0, 0.05) is 5.56 Å². The van der Waals surface area contributed by atoms with Crippen molar-refractivity contribution in [2.45, 2.75) is 0 Å². The van der Waals surface area contributed by atoms with Gasteiger partial charge in [-0.15, -0.1) is 0 Å². The number of carboxylic acids is 2. The van der Waals surface area contributed by atoms with E-state index >= 15 is 0 Å². The van der Waals surface area contributed by atoms with Gasteiger partial charge < -0.3 is 15.2 Å². The van der Waals surface area contributed by atoms with Crippen LogP contribution in [-0.4, -0.2) is 27.1 Å². The van der Waals surface area contributed by atoms with E-state index in [9.17, 15) is 19.8 Å². The molecule has 0 aliphatic heterocycles. The molecule has 0 spiro atoms. The molecular formula is C18H13NO4. The van der Waals surface area contributed by atoms with Gasteiger partial charge in [0.05, 0.1) is 5.69 Å². The number of aromatic amines is 1. The molecule has 5 heteroatoms. The molecule has 1 heterocycles. The summed E-state index contributed by atoms with van der Waals surface area (Å²) in [7, 11) is 0. The Balaban J connectivity index is 2.38. The zero-order valence-electron chi connectivity index (χ0n) is 12.0. The van der Waals surface area contributed by atoms with Crippen LogP contribution in [0.1, 0.15) is 20.8 Å². The zero-order valence-corrected chi connectivity index (χ0v) is 12.0. The first-order chi connectivity index (χ1) is 11.1. The summed E-state index contributed by atoms with van der Waals surface area (Å²) in [4.78, 5) is 25.9. The molecule has 0 bridgehead atoms. The lowest BCUT2D eigenvalue weighted by atomic mass is 9.97. The number of rotatable bonds is 4. The number of carboxylic acid groups (broad SMARTS) is 2. The van der Waals surface area contributed by atoms with Crippen LogP contribution in [0.3, 0.4) is 0 Å². The standard InChI is InChI=1S/C18H13NO4/c20-17(21)14-13(11-7-3-1-4-8-11)15(19-16(14)18(22)23)12-9-5-2-6-10-12/h1-10,19H,(H,20,21)(H,22,23). The van der Waals surface area contributed by atoms with E-state index in [1.807, 2.05) is 24.3 Å². The van der Waals surface area contributed by atoms with E-state index < -0.39 is 11.9 Å². The summed E-state index contributed by atoms with van der Waals surface area (Å²) in [6.45, 7) is 0. The summed E-state index contributed by atoms with van der Waals surface area (Å²) in [5, 5.41) is 18.9. The Hall–Kier alpha value is -3.34. The molecule has 0 saturated carbocycles. The maximum Gasteiger partial charge on any atom is 0.353 e. The maximum atomic E-state index is 11.7. The van der Waals surface area contributed by atoms with Crippen molar-refractivity contribution in [3.63, 3.8) is 0 Å². The number of hydrogen-bond donors (Lipinski definition) is 3. The van der Waals surface area contributed by atoms with E-state index in [0.29, 0.717) is 16.8 Å². The number of hydrogen-bond acceptors (Lipinski definition) is 2. The molecule has 0 unspecified atom stereocenters. The number of aromatic carboxylic acids is 2. The van der Waals surface area contributed by atoms with Crippen molar-refractivity contribution < 1.29 is 19.8 Å². The lowest BCUT2D eigenvalue weighted by molar-refractivity contribution is 0.0649. The van der Waals surface area contributed by atoms with Crippen molar-refractivity contribution in [1.29, 1.82) is 0 Å². The molecule has 0 saturated heterocycles. The van der Waals surface area contributed by atoms with Crippen molar-refractivity contribution in [3.05, 3.63) is 71.9 Å². The van der Waals surface area contributed by atoms with Crippen LogP contribution >= 0.6 is 0 Å². The van der Waals surface area contributed by atoms with Gasteiger partial charge in [-0.05, 0) is 11.1 Å². The van der Waals surface area contributed by atoms with E-state index in [1.54, 1.807) is 36.4 Å². The highest BCUT2D eigenvalue weighted by atomic mass is 16.4. The third-order valence-electron chi connectivity index (χ3n) is 3.55. The summed E-state index contributed by atoms with van der Waals surface area (Å²) in [6, 6.07) is 18.0. The highest BCUT2D eigenvalue weighted by Gasteiger charge is 2.27. The van der Waals surface area contributed by atoms with Crippen molar-refractivity contribution in [2.75, 3.05) is 0 Å². The van der Waals surface area contributed by atoms with Crippen LogP contribution in [0.15, 0.2) is 60.7 Å². The third-order valence-corrected chi connectivity index (χ3v) is 3.55. The predicted octanol–water partition coefficient (Wildman–Crippen LogP) is 3.75. The topological polar surface area (TPSA) is 90.4 Å². The Morgan fingerprint density at radius 2 is 1.26 bits per heavy atom. The summed E-state index contributed by atoms with van der Waals surface area (Å²) >= 11 is 0. The maximum absolute atomic E-state index is 11.7. The van der Waals surface area contributed by atoms with Crippen molar-refractivity contribution >= 4 is 11.9 Å². The average Bonchev–Trinajstić information content (AvgIpc) is 2.97. The second-order valence-electron chi connectivity index (χ2n) is 4.97. The van der Waals surface area contributed by atoms with E-state index in [0.717, 1.165) is 5.56 Å². The van der Waals surface area contributed by atoms with Crippen LogP contribution in [0.5, 0.6) is 0 Å². The van der Waals surface area contributed by atoms with Crippen LogP contribution in [0.2, 0.25) is 0 Å². The minimum atomic E-state index is -1.30. The van der Waals surface area contributed by atoms with Crippen molar-refractivity contribution in [3.8, 4) is 22.4 Å². The number of benzene rings is 2. The summed E-state index contributed by atoms with van der Waals surface area (Å²) in [6.07, 6.45) is 0. The third kappa shape index (κ3) is 2.60. The van der Waals surface area contributed by atoms with Gasteiger partial charge in [-0.1, -0.05) is 60.7 Å². The molecule has 1 aromatic heterocycles. The van der Waals surface area contributed by atoms with Gasteiger partial charge in [0.2, 0.25) is 0 Å². The second-order valence-corrected chi connectivity index (χ2v) is 4.97. The molecule has 0 aliphatic rings. The molecule has 3 rings (SSSR count). The Morgan fingerprint density at radius 1 is 0.739 bits per heavy atom. The summed E-state index contributed by atoms with van der Waals surface area (Å²) < 4.78 is 0. The fraction of sp³-hybridized carbons (Fsp3) is 0. The SMILES string of the molecule is O=C(O)c1[nH]c(-c2ccccc2)c(-c2ccccc2)c1C(=O)O. The molecule has 0 radical (unpaired) electrons. The van der Waals surface area contributed by atoms with Gasteiger partial charge in [-0.2, -0.15) is 0 Å². The molecule has 3 N–H and O–H groups in total. The predicted molar refractivity (Wildman–Crippen MR) is 85.6 cm³/mol. The van der Waals surface area contributed by atoms with E-state index in [1.165, 1.54) is 0 Å². The van der Waals surface area contributed by atoms with Crippen LogP contribution in [0, 0.1) is 0 Å². The van der Waals surface area contributed by atoms with Gasteiger partial charge >= 0.3 is 11.9 Å². The molecule has 2 aromatic carbocycles. The summed E-state index contributed by atoms with van der Waals surface area (Å²) in [5.74, 6) is -2.58. The number of H-pyrrole nitrogens is 1. The Labute approximate surface area is 131 Å². The molecule has 5 nitrogen and oxygen atoms in total. The van der Waals surface area contributed by atoms with E-state index in [4.69, 9.17) is 0 Å². The molecule has 0 amide bonds. The lowest BCUT2D eigenvalue weighted by Gasteiger charge is -2.06. The molecular weight excluding hydrogens is 294 g/mol. The first-order valence-electron chi connectivity index (χ1n) is 6.93. The van der Waals surface area contributed by atoms with Gasteiger partial charge in [-0.3, -0.25) is 0 Å². The fourth-order valence-electron chi connectivity index (χ4n) is 2.59. The number of nitrogens with one attached hydrogen (secondary N) is 1. The second kappa shape index (κ2) is 5.81. The molecule has 3 aromatic rings. The van der Waals surface area contributed by atoms with Crippen LogP contribution in [0.25, 0.3) is 22.4 Å². The lowest BCUT2D eigenvalue weighted by Crippen LogP contribution is -2.07. The molecule has 0 fully saturated rings. The zero-order chi connectivity index (χ0) is 16.4. The monoisotopic (exact) mass is 307 g/mol. The highest BCUT2D eigenvalue weighted by molar-refractivity contribution is 6.09. The van der Waals surface area contributed by atoms with Gasteiger partial charge in [0.25, 0.3) is 0 Å². The Kier molecular flexibility index (Phi) is 3.68. The Bertz CT molecular complexity index is 867. The Morgan fingerprint density at radius 3 is 1.74 bits per heavy atom. The van der Waals surface area contributed by atoms with Crippen molar-refractivity contribution in [1.82, 2.24) is 4.98 Å². The van der Waals surface area contributed by atoms with Gasteiger partial charge in [0.15, 0.2) is 0 Å². The largest absolute Gasteiger partial charge is 0.478 e. The normalized spacial score (nSPS) is 10.4. The molecule has 0 atom stereocenters. The minimum absolute atomic E-state index is 0.234. The average molecular weight is 307 g/mol. The summed E-state index contributed by atoms with van der Waals surface area (Å²) in [5.41, 5.74) is 1.67. The molecule has 0 aliphatic carbocycles. The quantitative estimate of drug-likeness (QED) is 0.684. The molecule has 23 heavy (non-hydrogen) atoms. The van der Waals surface area contributed by atoms with Crippen LogP contribution < -0.4 is 0 Å². The van der Waals surface area contributed by atoms with Crippen molar-refractivity contribution in [2.24, 2.45) is 0 Å². The first-order valence-corrected chi connectivity index (χ1v) is 6.93. The van der Waals surface area contributed by atoms with Gasteiger partial charge in [0.1, 0.15) is 11.3 Å². The van der Waals surface area contributed by atoms with Crippen LogP contribution in [-0.2, 0) is 0 Å². The highest BCUT2D eigenvalue weighted by Crippen LogP contribution is 2.36. The number of aromatic nitrogens is 1.